The topological polar surface area (TPSA) is 67.3 Å². The Morgan fingerprint density at radius 1 is 1.56 bits per heavy atom. The van der Waals surface area contributed by atoms with Crippen LogP contribution in [0.3, 0.4) is 0 Å². The van der Waals surface area contributed by atoms with Crippen molar-refractivity contribution < 1.29 is 13.9 Å². The lowest BCUT2D eigenvalue weighted by molar-refractivity contribution is 0.0125. The fourth-order valence-electron chi connectivity index (χ4n) is 2.35. The minimum absolute atomic E-state index is 0.0430. The van der Waals surface area contributed by atoms with Crippen LogP contribution >= 0.6 is 34.2 Å². The Morgan fingerprint density at radius 2 is 2.28 bits per heavy atom. The molecule has 1 saturated heterocycles. The first-order valence-corrected chi connectivity index (χ1v) is 9.18. The molecule has 0 saturated carbocycles. The van der Waals surface area contributed by atoms with E-state index in [9.17, 15) is 9.18 Å². The molecule has 0 aliphatic carbocycles. The number of hydrogen-bond acceptors (Lipinski definition) is 5. The zero-order valence-corrected chi connectivity index (χ0v) is 17.1. The average molecular weight is 481 g/mol. The van der Waals surface area contributed by atoms with Crippen LogP contribution in [0.25, 0.3) is 0 Å². The number of ether oxygens (including phenoxy) is 1. The molecule has 0 aromatic carbocycles. The molecule has 2 atom stereocenters. The van der Waals surface area contributed by atoms with Crippen molar-refractivity contribution in [3.05, 3.63) is 17.0 Å². The summed E-state index contributed by atoms with van der Waals surface area (Å²) in [6.07, 6.45) is 0.136. The molecule has 25 heavy (non-hydrogen) atoms. The van der Waals surface area contributed by atoms with E-state index in [2.05, 4.69) is 25.1 Å². The SMILES string of the molecule is CC(C)(C)OC(=O)N1CC[C@@H](Nc2nc(Cl)ncc2C#CI)[C@@H](F)C1. The fourth-order valence-corrected chi connectivity index (χ4v) is 2.77. The molecule has 1 aromatic rings. The Balaban J connectivity index is 2.04. The maximum atomic E-state index is 14.6. The van der Waals surface area contributed by atoms with Gasteiger partial charge in [-0.1, -0.05) is 5.92 Å². The highest BCUT2D eigenvalue weighted by atomic mass is 127. The van der Waals surface area contributed by atoms with Gasteiger partial charge < -0.3 is 15.0 Å². The number of hydrogen-bond donors (Lipinski definition) is 1. The van der Waals surface area contributed by atoms with Gasteiger partial charge >= 0.3 is 6.09 Å². The lowest BCUT2D eigenvalue weighted by Gasteiger charge is -2.36. The van der Waals surface area contributed by atoms with Gasteiger partial charge in [0, 0.05) is 35.3 Å². The smallest absolute Gasteiger partial charge is 0.410 e. The second-order valence-electron chi connectivity index (χ2n) is 6.60. The average Bonchev–Trinajstić information content (AvgIpc) is 2.50. The number of halogens is 3. The molecule has 1 fully saturated rings. The summed E-state index contributed by atoms with van der Waals surface area (Å²) in [5.74, 6) is 3.24. The molecule has 0 bridgehead atoms. The van der Waals surface area contributed by atoms with Crippen LogP contribution in [-0.4, -0.2) is 51.9 Å². The fraction of sp³-hybridized carbons (Fsp3) is 0.562. The number of alkyl halides is 1. The molecular weight excluding hydrogens is 462 g/mol. The van der Waals surface area contributed by atoms with E-state index >= 15 is 0 Å². The van der Waals surface area contributed by atoms with Gasteiger partial charge in [0.25, 0.3) is 0 Å². The van der Waals surface area contributed by atoms with E-state index in [1.54, 1.807) is 20.8 Å². The number of nitrogens with zero attached hydrogens (tertiary/aromatic N) is 3. The van der Waals surface area contributed by atoms with E-state index in [1.807, 2.05) is 22.6 Å². The predicted octanol–water partition coefficient (Wildman–Crippen LogP) is 3.63. The molecule has 1 N–H and O–H groups in total. The van der Waals surface area contributed by atoms with Gasteiger partial charge in [-0.3, -0.25) is 0 Å². The van der Waals surface area contributed by atoms with Gasteiger partial charge in [-0.25, -0.2) is 14.2 Å². The largest absolute Gasteiger partial charge is 0.444 e. The van der Waals surface area contributed by atoms with Crippen molar-refractivity contribution in [2.45, 2.75) is 45.0 Å². The number of likely N-dealkylation sites (tertiary alicyclic amines) is 1. The highest BCUT2D eigenvalue weighted by molar-refractivity contribution is 14.1. The summed E-state index contributed by atoms with van der Waals surface area (Å²) in [4.78, 5) is 21.4. The summed E-state index contributed by atoms with van der Waals surface area (Å²) < 4.78 is 22.6. The molecule has 9 heteroatoms. The van der Waals surface area contributed by atoms with Crippen molar-refractivity contribution in [2.24, 2.45) is 0 Å². The molecule has 2 rings (SSSR count). The Hall–Kier alpha value is -1.34. The van der Waals surface area contributed by atoms with E-state index in [4.69, 9.17) is 16.3 Å². The molecule has 0 unspecified atom stereocenters. The minimum atomic E-state index is -1.27. The lowest BCUT2D eigenvalue weighted by Crippen LogP contribution is -2.51. The zero-order valence-electron chi connectivity index (χ0n) is 14.1. The normalized spacial score (nSPS) is 20.5. The van der Waals surface area contributed by atoms with E-state index < -0.39 is 23.9 Å². The second-order valence-corrected chi connectivity index (χ2v) is 7.48. The Labute approximate surface area is 165 Å². The van der Waals surface area contributed by atoms with Gasteiger partial charge in [-0.2, -0.15) is 4.98 Å². The Kier molecular flexibility index (Phi) is 6.68. The molecule has 6 nitrogen and oxygen atoms in total. The van der Waals surface area contributed by atoms with Gasteiger partial charge in [0.05, 0.1) is 18.2 Å². The van der Waals surface area contributed by atoms with Crippen molar-refractivity contribution in [3.8, 4) is 9.85 Å². The van der Waals surface area contributed by atoms with E-state index in [0.717, 1.165) is 0 Å². The Bertz CT molecular complexity index is 702. The monoisotopic (exact) mass is 480 g/mol. The standard InChI is InChI=1S/C16H19ClFIN4O2/c1-16(2,3)25-15(24)23-7-5-12(11(18)9-23)21-13-10(4-6-19)8-20-14(17)22-13/h8,11-12H,5,7,9H2,1-3H3,(H,20,21,22)/t11-,12+/m0/s1. The number of rotatable bonds is 2. The van der Waals surface area contributed by atoms with Gasteiger partial charge in [0.1, 0.15) is 17.6 Å². The highest BCUT2D eigenvalue weighted by Crippen LogP contribution is 2.22. The first kappa shape index (κ1) is 20.0. The molecular formula is C16H19ClFIN4O2. The number of carbonyl (C=O) groups is 1. The maximum Gasteiger partial charge on any atom is 0.410 e. The summed E-state index contributed by atoms with van der Waals surface area (Å²) in [6.45, 7) is 5.68. The minimum Gasteiger partial charge on any atom is -0.444 e. The number of carbonyl (C=O) groups excluding carboxylic acids is 1. The summed E-state index contributed by atoms with van der Waals surface area (Å²) >= 11 is 7.72. The van der Waals surface area contributed by atoms with Crippen molar-refractivity contribution in [3.63, 3.8) is 0 Å². The zero-order chi connectivity index (χ0) is 18.6. The lowest BCUT2D eigenvalue weighted by atomic mass is 10.0. The van der Waals surface area contributed by atoms with Crippen LogP contribution in [-0.2, 0) is 4.74 Å². The van der Waals surface area contributed by atoms with Gasteiger partial charge in [-0.05, 0) is 42.7 Å². The summed E-state index contributed by atoms with van der Waals surface area (Å²) in [5.41, 5.74) is -0.0662. The molecule has 2 heterocycles. The molecule has 1 amide bonds. The van der Waals surface area contributed by atoms with Crippen molar-refractivity contribution in [1.82, 2.24) is 14.9 Å². The van der Waals surface area contributed by atoms with Crippen molar-refractivity contribution in [2.75, 3.05) is 18.4 Å². The molecule has 1 aliphatic heterocycles. The third-order valence-corrected chi connectivity index (χ3v) is 3.91. The molecule has 0 spiro atoms. The number of piperidine rings is 1. The molecule has 136 valence electrons. The van der Waals surface area contributed by atoms with E-state index in [0.29, 0.717) is 24.3 Å². The first-order chi connectivity index (χ1) is 11.7. The van der Waals surface area contributed by atoms with E-state index in [-0.39, 0.29) is 11.8 Å². The molecule has 1 aromatic heterocycles. The first-order valence-electron chi connectivity index (χ1n) is 7.72. The number of aromatic nitrogens is 2. The summed E-state index contributed by atoms with van der Waals surface area (Å²) in [6, 6.07) is -0.501. The van der Waals surface area contributed by atoms with Crippen LogP contribution in [0, 0.1) is 9.85 Å². The number of nitrogens with one attached hydrogen (secondary N) is 1. The number of amides is 1. The van der Waals surface area contributed by atoms with Crippen molar-refractivity contribution in [1.29, 1.82) is 0 Å². The third-order valence-electron chi connectivity index (χ3n) is 3.46. The van der Waals surface area contributed by atoms with Gasteiger partial charge in [0.15, 0.2) is 0 Å². The van der Waals surface area contributed by atoms with Crippen LogP contribution < -0.4 is 5.32 Å². The predicted molar refractivity (Wildman–Crippen MR) is 103 cm³/mol. The van der Waals surface area contributed by atoms with Gasteiger partial charge in [-0.15, -0.1) is 0 Å². The van der Waals surface area contributed by atoms with Crippen LogP contribution in [0.5, 0.6) is 0 Å². The number of anilines is 1. The summed E-state index contributed by atoms with van der Waals surface area (Å²) in [7, 11) is 0. The van der Waals surface area contributed by atoms with Gasteiger partial charge in [0.2, 0.25) is 5.28 Å². The van der Waals surface area contributed by atoms with Crippen LogP contribution in [0.1, 0.15) is 32.8 Å². The second kappa shape index (κ2) is 8.36. The Morgan fingerprint density at radius 3 is 2.88 bits per heavy atom. The van der Waals surface area contributed by atoms with Crippen LogP contribution in [0.15, 0.2) is 6.20 Å². The molecule has 1 aliphatic rings. The summed E-state index contributed by atoms with van der Waals surface area (Å²) in [5, 5.41) is 3.10. The maximum absolute atomic E-state index is 14.6. The molecule has 0 radical (unpaired) electrons. The van der Waals surface area contributed by atoms with Crippen LogP contribution in [0.4, 0.5) is 15.0 Å². The highest BCUT2D eigenvalue weighted by Gasteiger charge is 2.34. The third kappa shape index (κ3) is 5.85. The quantitative estimate of drug-likeness (QED) is 0.398. The van der Waals surface area contributed by atoms with Crippen molar-refractivity contribution >= 4 is 46.1 Å². The van der Waals surface area contributed by atoms with Crippen LogP contribution in [0.2, 0.25) is 5.28 Å². The van der Waals surface area contributed by atoms with E-state index in [1.165, 1.54) is 11.1 Å².